The zero-order chi connectivity index (χ0) is 31.9. The van der Waals surface area contributed by atoms with E-state index in [1.807, 2.05) is 59.7 Å². The third-order valence-corrected chi connectivity index (χ3v) is 7.23. The first kappa shape index (κ1) is 34.4. The quantitative estimate of drug-likeness (QED) is 0.340. The minimum absolute atomic E-state index is 0.0289. The summed E-state index contributed by atoms with van der Waals surface area (Å²) in [6, 6.07) is 10.3. The Labute approximate surface area is 256 Å². The second-order valence-electron chi connectivity index (χ2n) is 12.9. The van der Waals surface area contributed by atoms with Crippen molar-refractivity contribution in [2.45, 2.75) is 96.7 Å². The van der Waals surface area contributed by atoms with Gasteiger partial charge in [0, 0.05) is 33.1 Å². The highest BCUT2D eigenvalue weighted by Gasteiger charge is 2.31. The van der Waals surface area contributed by atoms with Gasteiger partial charge in [-0.15, -0.1) is 0 Å². The molecule has 43 heavy (non-hydrogen) atoms. The van der Waals surface area contributed by atoms with Crippen LogP contribution in [0.5, 0.6) is 11.5 Å². The number of carbonyl (C=O) groups is 2. The summed E-state index contributed by atoms with van der Waals surface area (Å²) in [6.45, 7) is 11.8. The van der Waals surface area contributed by atoms with Gasteiger partial charge in [-0.25, -0.2) is 9.59 Å². The molecule has 9 heteroatoms. The highest BCUT2D eigenvalue weighted by Crippen LogP contribution is 2.34. The molecule has 0 saturated carbocycles. The second-order valence-corrected chi connectivity index (χ2v) is 12.9. The SMILES string of the molecule is COc1ccc(C[C@H]2NCCc3cc(CC(OC)C(=O)OC(C)(C)C)c(CC(OC)C(=O)OC(C)(C)C)cc32)cc1OC. The lowest BCUT2D eigenvalue weighted by Gasteiger charge is -2.30. The van der Waals surface area contributed by atoms with Crippen LogP contribution in [-0.2, 0) is 54.2 Å². The Bertz CT molecular complexity index is 1260. The summed E-state index contributed by atoms with van der Waals surface area (Å²) >= 11 is 0. The molecule has 0 radical (unpaired) electrons. The molecule has 2 aromatic rings. The van der Waals surface area contributed by atoms with Gasteiger partial charge in [-0.1, -0.05) is 18.2 Å². The lowest BCUT2D eigenvalue weighted by atomic mass is 9.84. The number of rotatable bonds is 12. The topological polar surface area (TPSA) is 102 Å². The molecule has 0 fully saturated rings. The maximum absolute atomic E-state index is 13.1. The van der Waals surface area contributed by atoms with Crippen molar-refractivity contribution in [1.29, 1.82) is 0 Å². The molecule has 2 aromatic carbocycles. The molecule has 2 unspecified atom stereocenters. The van der Waals surface area contributed by atoms with Gasteiger partial charge in [-0.05, 0) is 101 Å². The van der Waals surface area contributed by atoms with E-state index in [1.165, 1.54) is 19.8 Å². The molecule has 1 heterocycles. The van der Waals surface area contributed by atoms with E-state index in [9.17, 15) is 9.59 Å². The number of carbonyl (C=O) groups excluding carboxylic acids is 2. The summed E-state index contributed by atoms with van der Waals surface area (Å²) in [5, 5.41) is 3.66. The lowest BCUT2D eigenvalue weighted by Crippen LogP contribution is -2.36. The molecular weight excluding hydrogens is 550 g/mol. The fourth-order valence-electron chi connectivity index (χ4n) is 5.26. The van der Waals surface area contributed by atoms with Crippen molar-refractivity contribution in [2.24, 2.45) is 0 Å². The normalized spacial score (nSPS) is 16.6. The number of fused-ring (bicyclic) bond motifs is 1. The Morgan fingerprint density at radius 2 is 1.33 bits per heavy atom. The third kappa shape index (κ3) is 9.68. The molecule has 9 nitrogen and oxygen atoms in total. The lowest BCUT2D eigenvalue weighted by molar-refractivity contribution is -0.168. The van der Waals surface area contributed by atoms with Crippen molar-refractivity contribution in [1.82, 2.24) is 5.32 Å². The van der Waals surface area contributed by atoms with Crippen LogP contribution in [0.2, 0.25) is 0 Å². The van der Waals surface area contributed by atoms with Gasteiger partial charge in [0.05, 0.1) is 14.2 Å². The standard InChI is InChI=1S/C34H49NO8/c1-33(2,3)42-31(36)29(40-9)19-23-17-22-13-14-35-26(15-21-11-12-27(38-7)28(16-21)39-8)25(22)18-24(23)20-30(41-10)32(37)43-34(4,5)6/h11-12,16-18,26,29-30,35H,13-15,19-20H2,1-10H3/t26-,29?,30?/m1/s1. The van der Waals surface area contributed by atoms with E-state index >= 15 is 0 Å². The predicted octanol–water partition coefficient (Wildman–Crippen LogP) is 4.93. The van der Waals surface area contributed by atoms with Gasteiger partial charge in [-0.3, -0.25) is 0 Å². The average Bonchev–Trinajstić information content (AvgIpc) is 2.92. The number of ether oxygens (including phenoxy) is 6. The fourth-order valence-corrected chi connectivity index (χ4v) is 5.26. The first-order valence-corrected chi connectivity index (χ1v) is 14.8. The molecule has 0 amide bonds. The van der Waals surface area contributed by atoms with Crippen LogP contribution in [0.4, 0.5) is 0 Å². The van der Waals surface area contributed by atoms with Gasteiger partial charge in [0.25, 0.3) is 0 Å². The molecule has 0 aromatic heterocycles. The van der Waals surface area contributed by atoms with E-state index < -0.39 is 35.3 Å². The third-order valence-electron chi connectivity index (χ3n) is 7.23. The molecular formula is C34H49NO8. The van der Waals surface area contributed by atoms with Crippen LogP contribution in [0.25, 0.3) is 0 Å². The number of benzene rings is 2. The Balaban J connectivity index is 2.02. The van der Waals surface area contributed by atoms with Gasteiger partial charge in [0.1, 0.15) is 11.2 Å². The number of hydrogen-bond donors (Lipinski definition) is 1. The highest BCUT2D eigenvalue weighted by molar-refractivity contribution is 5.76. The van der Waals surface area contributed by atoms with Crippen LogP contribution >= 0.6 is 0 Å². The van der Waals surface area contributed by atoms with Crippen molar-refractivity contribution in [3.8, 4) is 11.5 Å². The summed E-state index contributed by atoms with van der Waals surface area (Å²) in [6.07, 6.45) is 0.510. The van der Waals surface area contributed by atoms with Crippen LogP contribution in [0, 0.1) is 0 Å². The number of methoxy groups -OCH3 is 4. The summed E-state index contributed by atoms with van der Waals surface area (Å²) in [7, 11) is 6.27. The summed E-state index contributed by atoms with van der Waals surface area (Å²) in [5.41, 5.74) is 3.93. The second kappa shape index (κ2) is 14.6. The summed E-state index contributed by atoms with van der Waals surface area (Å²) in [4.78, 5) is 26.1. The van der Waals surface area contributed by atoms with E-state index in [1.54, 1.807) is 14.2 Å². The van der Waals surface area contributed by atoms with Crippen LogP contribution in [0.15, 0.2) is 30.3 Å². The minimum atomic E-state index is -0.820. The van der Waals surface area contributed by atoms with Gasteiger partial charge in [-0.2, -0.15) is 0 Å². The van der Waals surface area contributed by atoms with Crippen molar-refractivity contribution < 1.29 is 38.0 Å². The summed E-state index contributed by atoms with van der Waals surface area (Å²) in [5.74, 6) is 0.497. The average molecular weight is 600 g/mol. The maximum Gasteiger partial charge on any atom is 0.336 e. The zero-order valence-corrected chi connectivity index (χ0v) is 27.4. The van der Waals surface area contributed by atoms with Crippen LogP contribution < -0.4 is 14.8 Å². The summed E-state index contributed by atoms with van der Waals surface area (Å²) < 4.78 is 33.5. The van der Waals surface area contributed by atoms with Crippen molar-refractivity contribution in [3.63, 3.8) is 0 Å². The van der Waals surface area contributed by atoms with E-state index in [-0.39, 0.29) is 12.5 Å². The molecule has 1 N–H and O–H groups in total. The predicted molar refractivity (Wildman–Crippen MR) is 165 cm³/mol. The fraction of sp³-hybridized carbons (Fsp3) is 0.588. The van der Waals surface area contributed by atoms with Gasteiger partial charge >= 0.3 is 11.9 Å². The molecule has 1 aliphatic heterocycles. The first-order valence-electron chi connectivity index (χ1n) is 14.8. The highest BCUT2D eigenvalue weighted by atomic mass is 16.6. The Hall–Kier alpha value is -3.14. The molecule has 0 spiro atoms. The zero-order valence-electron chi connectivity index (χ0n) is 27.4. The minimum Gasteiger partial charge on any atom is -0.493 e. The number of nitrogens with one attached hydrogen (secondary N) is 1. The largest absolute Gasteiger partial charge is 0.493 e. The van der Waals surface area contributed by atoms with E-state index in [2.05, 4.69) is 17.4 Å². The van der Waals surface area contributed by atoms with E-state index in [0.717, 1.165) is 41.6 Å². The molecule has 0 bridgehead atoms. The molecule has 1 aliphatic rings. The smallest absolute Gasteiger partial charge is 0.336 e. The monoisotopic (exact) mass is 599 g/mol. The van der Waals surface area contributed by atoms with Crippen molar-refractivity contribution in [3.05, 3.63) is 58.1 Å². The maximum atomic E-state index is 13.1. The molecule has 0 saturated heterocycles. The molecule has 0 aliphatic carbocycles. The first-order chi connectivity index (χ1) is 20.2. The molecule has 238 valence electrons. The molecule has 3 atom stereocenters. The number of esters is 2. The van der Waals surface area contributed by atoms with Crippen LogP contribution in [0.3, 0.4) is 0 Å². The van der Waals surface area contributed by atoms with E-state index in [4.69, 9.17) is 28.4 Å². The molecule has 3 rings (SSSR count). The van der Waals surface area contributed by atoms with Crippen molar-refractivity contribution in [2.75, 3.05) is 35.0 Å². The van der Waals surface area contributed by atoms with Gasteiger partial charge in [0.15, 0.2) is 23.7 Å². The Morgan fingerprint density at radius 3 is 1.81 bits per heavy atom. The van der Waals surface area contributed by atoms with Gasteiger partial charge < -0.3 is 33.7 Å². The Kier molecular flexibility index (Phi) is 11.6. The number of hydrogen-bond acceptors (Lipinski definition) is 9. The van der Waals surface area contributed by atoms with E-state index in [0.29, 0.717) is 17.9 Å². The van der Waals surface area contributed by atoms with Crippen LogP contribution in [0.1, 0.15) is 75.4 Å². The Morgan fingerprint density at radius 1 is 0.791 bits per heavy atom. The van der Waals surface area contributed by atoms with Gasteiger partial charge in [0.2, 0.25) is 0 Å². The van der Waals surface area contributed by atoms with Crippen molar-refractivity contribution >= 4 is 11.9 Å². The van der Waals surface area contributed by atoms with Crippen LogP contribution in [-0.4, -0.2) is 70.3 Å².